The quantitative estimate of drug-likeness (QED) is 0.719. The van der Waals surface area contributed by atoms with E-state index in [1.54, 1.807) is 4.90 Å². The number of benzene rings is 1. The van der Waals surface area contributed by atoms with E-state index < -0.39 is 0 Å². The van der Waals surface area contributed by atoms with Crippen molar-refractivity contribution in [2.45, 2.75) is 12.8 Å². The zero-order valence-corrected chi connectivity index (χ0v) is 9.28. The maximum atomic E-state index is 11.7. The van der Waals surface area contributed by atoms with Crippen LogP contribution in [-0.2, 0) is 4.79 Å². The van der Waals surface area contributed by atoms with Crippen LogP contribution in [0, 0.1) is 5.92 Å². The molecule has 0 heterocycles. The number of hydrogen-bond acceptors (Lipinski definition) is 1. The second-order valence-corrected chi connectivity index (χ2v) is 4.18. The second-order valence-electron chi connectivity index (χ2n) is 3.92. The standard InChI is InChI=1S/C12H14ClNO/c13-8-12(15)14(9-10-6-7-10)11-4-2-1-3-5-11/h1-5,10H,6-9H2. The number of para-hydroxylation sites is 1. The maximum absolute atomic E-state index is 11.7. The highest BCUT2D eigenvalue weighted by Gasteiger charge is 2.27. The van der Waals surface area contributed by atoms with Crippen LogP contribution in [-0.4, -0.2) is 18.3 Å². The predicted molar refractivity (Wildman–Crippen MR) is 62.2 cm³/mol. The third-order valence-corrected chi connectivity index (χ3v) is 2.85. The SMILES string of the molecule is O=C(CCl)N(CC1CC1)c1ccccc1. The van der Waals surface area contributed by atoms with E-state index in [9.17, 15) is 4.79 Å². The highest BCUT2D eigenvalue weighted by molar-refractivity contribution is 6.29. The van der Waals surface area contributed by atoms with E-state index in [-0.39, 0.29) is 11.8 Å². The molecule has 0 aliphatic heterocycles. The third kappa shape index (κ3) is 2.72. The number of nitrogens with zero attached hydrogens (tertiary/aromatic N) is 1. The molecule has 3 heteroatoms. The average molecular weight is 224 g/mol. The van der Waals surface area contributed by atoms with Gasteiger partial charge in [0.2, 0.25) is 5.91 Å². The Morgan fingerprint density at radius 2 is 2.00 bits per heavy atom. The summed E-state index contributed by atoms with van der Waals surface area (Å²) in [6, 6.07) is 9.73. The predicted octanol–water partition coefficient (Wildman–Crippen LogP) is 2.67. The lowest BCUT2D eigenvalue weighted by molar-refractivity contribution is -0.116. The topological polar surface area (TPSA) is 20.3 Å². The number of carbonyl (C=O) groups excluding carboxylic acids is 1. The largest absolute Gasteiger partial charge is 0.311 e. The highest BCUT2D eigenvalue weighted by atomic mass is 35.5. The lowest BCUT2D eigenvalue weighted by Crippen LogP contribution is -2.33. The van der Waals surface area contributed by atoms with Crippen molar-refractivity contribution in [3.63, 3.8) is 0 Å². The molecule has 0 saturated heterocycles. The van der Waals surface area contributed by atoms with Crippen LogP contribution < -0.4 is 4.90 Å². The first-order valence-electron chi connectivity index (χ1n) is 5.22. The number of hydrogen-bond donors (Lipinski definition) is 0. The molecule has 80 valence electrons. The van der Waals surface area contributed by atoms with Crippen LogP contribution in [0.5, 0.6) is 0 Å². The Labute approximate surface area is 94.8 Å². The molecule has 0 unspecified atom stereocenters. The van der Waals surface area contributed by atoms with E-state index in [0.717, 1.165) is 12.2 Å². The number of halogens is 1. The van der Waals surface area contributed by atoms with Crippen LogP contribution in [0.1, 0.15) is 12.8 Å². The zero-order valence-electron chi connectivity index (χ0n) is 8.53. The van der Waals surface area contributed by atoms with Crippen molar-refractivity contribution in [1.29, 1.82) is 0 Å². The second kappa shape index (κ2) is 4.67. The Kier molecular flexibility index (Phi) is 3.27. The Hall–Kier alpha value is -1.02. The molecular weight excluding hydrogens is 210 g/mol. The van der Waals surface area contributed by atoms with Crippen molar-refractivity contribution in [2.75, 3.05) is 17.3 Å². The molecule has 0 radical (unpaired) electrons. The van der Waals surface area contributed by atoms with E-state index in [1.807, 2.05) is 30.3 Å². The van der Waals surface area contributed by atoms with Crippen molar-refractivity contribution in [1.82, 2.24) is 0 Å². The maximum Gasteiger partial charge on any atom is 0.241 e. The number of anilines is 1. The lowest BCUT2D eigenvalue weighted by Gasteiger charge is -2.21. The normalized spacial score (nSPS) is 15.0. The van der Waals surface area contributed by atoms with Gasteiger partial charge in [-0.3, -0.25) is 4.79 Å². The summed E-state index contributed by atoms with van der Waals surface area (Å²) in [6.45, 7) is 0.815. The van der Waals surface area contributed by atoms with Crippen LogP contribution in [0.2, 0.25) is 0 Å². The fourth-order valence-electron chi connectivity index (χ4n) is 1.59. The average Bonchev–Trinajstić information content (AvgIpc) is 3.10. The van der Waals surface area contributed by atoms with Gasteiger partial charge in [0.05, 0.1) is 0 Å². The lowest BCUT2D eigenvalue weighted by atomic mass is 10.2. The van der Waals surface area contributed by atoms with Crippen molar-refractivity contribution < 1.29 is 4.79 Å². The van der Waals surface area contributed by atoms with Gasteiger partial charge in [0.1, 0.15) is 5.88 Å². The first kappa shape index (κ1) is 10.5. The van der Waals surface area contributed by atoms with Crippen molar-refractivity contribution in [2.24, 2.45) is 5.92 Å². The fourth-order valence-corrected chi connectivity index (χ4v) is 1.73. The number of amides is 1. The number of alkyl halides is 1. The summed E-state index contributed by atoms with van der Waals surface area (Å²) < 4.78 is 0. The minimum absolute atomic E-state index is 0.00485. The van der Waals surface area contributed by atoms with E-state index >= 15 is 0 Å². The van der Waals surface area contributed by atoms with Crippen LogP contribution in [0.15, 0.2) is 30.3 Å². The Morgan fingerprint density at radius 3 is 2.53 bits per heavy atom. The monoisotopic (exact) mass is 223 g/mol. The molecular formula is C12H14ClNO. The molecule has 1 amide bonds. The third-order valence-electron chi connectivity index (χ3n) is 2.62. The van der Waals surface area contributed by atoms with E-state index in [4.69, 9.17) is 11.6 Å². The molecule has 0 atom stereocenters. The summed E-state index contributed by atoms with van der Waals surface area (Å²) in [4.78, 5) is 13.5. The minimum Gasteiger partial charge on any atom is -0.311 e. The first-order valence-corrected chi connectivity index (χ1v) is 5.76. The molecule has 15 heavy (non-hydrogen) atoms. The van der Waals surface area contributed by atoms with Crippen molar-refractivity contribution in [3.05, 3.63) is 30.3 Å². The summed E-state index contributed by atoms with van der Waals surface area (Å²) in [5.74, 6) is 0.730. The molecule has 0 aromatic heterocycles. The smallest absolute Gasteiger partial charge is 0.241 e. The molecule has 1 fully saturated rings. The molecule has 1 aromatic rings. The van der Waals surface area contributed by atoms with Crippen LogP contribution >= 0.6 is 11.6 Å². The van der Waals surface area contributed by atoms with E-state index in [0.29, 0.717) is 5.92 Å². The molecule has 0 N–H and O–H groups in total. The van der Waals surface area contributed by atoms with Crippen molar-refractivity contribution in [3.8, 4) is 0 Å². The van der Waals surface area contributed by atoms with Gasteiger partial charge in [-0.1, -0.05) is 18.2 Å². The van der Waals surface area contributed by atoms with E-state index in [1.165, 1.54) is 12.8 Å². The van der Waals surface area contributed by atoms with E-state index in [2.05, 4.69) is 0 Å². The van der Waals surface area contributed by atoms with Gasteiger partial charge < -0.3 is 4.90 Å². The Bertz CT molecular complexity index is 335. The van der Waals surface area contributed by atoms with Crippen LogP contribution in [0.25, 0.3) is 0 Å². The number of carbonyl (C=O) groups is 1. The van der Waals surface area contributed by atoms with Crippen LogP contribution in [0.3, 0.4) is 0 Å². The fraction of sp³-hybridized carbons (Fsp3) is 0.417. The molecule has 2 rings (SSSR count). The van der Waals surface area contributed by atoms with Crippen molar-refractivity contribution >= 4 is 23.2 Å². The summed E-state index contributed by atoms with van der Waals surface area (Å²) >= 11 is 5.61. The zero-order chi connectivity index (χ0) is 10.7. The molecule has 1 saturated carbocycles. The van der Waals surface area contributed by atoms with Gasteiger partial charge in [0.15, 0.2) is 0 Å². The van der Waals surface area contributed by atoms with Gasteiger partial charge in [0, 0.05) is 12.2 Å². The summed E-state index contributed by atoms with van der Waals surface area (Å²) in [6.07, 6.45) is 2.47. The molecule has 2 nitrogen and oxygen atoms in total. The number of rotatable bonds is 4. The summed E-state index contributed by atoms with van der Waals surface area (Å²) in [5.41, 5.74) is 0.954. The highest BCUT2D eigenvalue weighted by Crippen LogP contribution is 2.31. The molecule has 0 spiro atoms. The van der Waals surface area contributed by atoms with Gasteiger partial charge in [-0.25, -0.2) is 0 Å². The Balaban J connectivity index is 2.13. The van der Waals surface area contributed by atoms with Gasteiger partial charge in [0.25, 0.3) is 0 Å². The molecule has 0 bridgehead atoms. The van der Waals surface area contributed by atoms with Gasteiger partial charge in [-0.05, 0) is 30.9 Å². The molecule has 1 aliphatic rings. The summed E-state index contributed by atoms with van der Waals surface area (Å²) in [5, 5.41) is 0. The Morgan fingerprint density at radius 1 is 1.33 bits per heavy atom. The first-order chi connectivity index (χ1) is 7.31. The van der Waals surface area contributed by atoms with Gasteiger partial charge in [-0.2, -0.15) is 0 Å². The minimum atomic E-state index is -0.00485. The van der Waals surface area contributed by atoms with Crippen LogP contribution in [0.4, 0.5) is 5.69 Å². The molecule has 1 aromatic carbocycles. The van der Waals surface area contributed by atoms with Gasteiger partial charge >= 0.3 is 0 Å². The van der Waals surface area contributed by atoms with Gasteiger partial charge in [-0.15, -0.1) is 11.6 Å². The molecule has 1 aliphatic carbocycles. The summed E-state index contributed by atoms with van der Waals surface area (Å²) in [7, 11) is 0.